The number of nitrogens with two attached hydrogens (primary N) is 1. The molecule has 0 bridgehead atoms. The normalized spacial score (nSPS) is 11.6. The lowest BCUT2D eigenvalue weighted by molar-refractivity contribution is 0.368. The van der Waals surface area contributed by atoms with Crippen LogP contribution in [0.5, 0.6) is 11.5 Å². The lowest BCUT2D eigenvalue weighted by Gasteiger charge is -2.25. The van der Waals surface area contributed by atoms with Crippen molar-refractivity contribution in [3.8, 4) is 11.5 Å². The standard InChI is InChI=1S/C11H16BrNO2/c1-6-5-7(14)10(15-4)9(12)8(6)11(2,3)13/h5,14H,13H2,1-4H3. The largest absolute Gasteiger partial charge is 0.504 e. The molecule has 0 atom stereocenters. The Balaban J connectivity index is 3.53. The van der Waals surface area contributed by atoms with E-state index in [1.165, 1.54) is 7.11 Å². The lowest BCUT2D eigenvalue weighted by Crippen LogP contribution is -2.30. The molecule has 0 radical (unpaired) electrons. The second-order valence-electron chi connectivity index (χ2n) is 4.16. The number of phenolic OH excluding ortho intramolecular Hbond substituents is 1. The minimum Gasteiger partial charge on any atom is -0.504 e. The van der Waals surface area contributed by atoms with Crippen molar-refractivity contribution in [1.82, 2.24) is 0 Å². The molecule has 1 rings (SSSR count). The van der Waals surface area contributed by atoms with Gasteiger partial charge in [-0.05, 0) is 53.9 Å². The molecule has 0 aliphatic carbocycles. The molecule has 1 aromatic rings. The quantitative estimate of drug-likeness (QED) is 0.871. The molecule has 0 aliphatic heterocycles. The summed E-state index contributed by atoms with van der Waals surface area (Å²) in [7, 11) is 1.52. The Kier molecular flexibility index (Phi) is 3.31. The van der Waals surface area contributed by atoms with Crippen LogP contribution < -0.4 is 10.5 Å². The molecule has 0 unspecified atom stereocenters. The Morgan fingerprint density at radius 3 is 2.40 bits per heavy atom. The molecule has 4 heteroatoms. The number of hydrogen-bond acceptors (Lipinski definition) is 3. The Labute approximate surface area is 98.4 Å². The molecule has 0 fully saturated rings. The van der Waals surface area contributed by atoms with E-state index in [0.717, 1.165) is 15.6 Å². The summed E-state index contributed by atoms with van der Waals surface area (Å²) in [5, 5.41) is 9.67. The number of hydrogen-bond donors (Lipinski definition) is 2. The van der Waals surface area contributed by atoms with Crippen LogP contribution in [-0.4, -0.2) is 12.2 Å². The number of rotatable bonds is 2. The maximum absolute atomic E-state index is 9.67. The van der Waals surface area contributed by atoms with Crippen molar-refractivity contribution in [2.75, 3.05) is 7.11 Å². The Morgan fingerprint density at radius 2 is 2.00 bits per heavy atom. The van der Waals surface area contributed by atoms with E-state index in [1.54, 1.807) is 6.07 Å². The monoisotopic (exact) mass is 273 g/mol. The van der Waals surface area contributed by atoms with Crippen LogP contribution in [0.4, 0.5) is 0 Å². The lowest BCUT2D eigenvalue weighted by atomic mass is 9.91. The Hall–Kier alpha value is -0.740. The van der Waals surface area contributed by atoms with Crippen molar-refractivity contribution in [3.63, 3.8) is 0 Å². The summed E-state index contributed by atoms with van der Waals surface area (Å²) in [6.45, 7) is 5.74. The van der Waals surface area contributed by atoms with Gasteiger partial charge in [-0.2, -0.15) is 0 Å². The van der Waals surface area contributed by atoms with Crippen molar-refractivity contribution in [2.45, 2.75) is 26.3 Å². The van der Waals surface area contributed by atoms with Gasteiger partial charge in [-0.25, -0.2) is 0 Å². The number of phenols is 1. The van der Waals surface area contributed by atoms with Crippen molar-refractivity contribution < 1.29 is 9.84 Å². The van der Waals surface area contributed by atoms with Crippen LogP contribution in [0.3, 0.4) is 0 Å². The molecule has 0 aromatic heterocycles. The maximum Gasteiger partial charge on any atom is 0.175 e. The predicted octanol–water partition coefficient (Wildman–Crippen LogP) is 2.67. The van der Waals surface area contributed by atoms with E-state index in [9.17, 15) is 5.11 Å². The fraction of sp³-hybridized carbons (Fsp3) is 0.455. The third-order valence-electron chi connectivity index (χ3n) is 2.25. The van der Waals surface area contributed by atoms with Crippen LogP contribution in [0.2, 0.25) is 0 Å². The molecule has 0 saturated carbocycles. The highest BCUT2D eigenvalue weighted by atomic mass is 79.9. The van der Waals surface area contributed by atoms with E-state index >= 15 is 0 Å². The van der Waals surface area contributed by atoms with Gasteiger partial charge >= 0.3 is 0 Å². The van der Waals surface area contributed by atoms with Gasteiger partial charge in [0.1, 0.15) is 0 Å². The van der Waals surface area contributed by atoms with Gasteiger partial charge in [0.25, 0.3) is 0 Å². The molecule has 0 spiro atoms. The predicted molar refractivity (Wildman–Crippen MR) is 64.3 cm³/mol. The van der Waals surface area contributed by atoms with Gasteiger partial charge in [0.15, 0.2) is 11.5 Å². The molecule has 3 nitrogen and oxygen atoms in total. The molecular formula is C11H16BrNO2. The SMILES string of the molecule is COc1c(O)cc(C)c(C(C)(C)N)c1Br. The summed E-state index contributed by atoms with van der Waals surface area (Å²) in [6, 6.07) is 1.66. The van der Waals surface area contributed by atoms with Crippen molar-refractivity contribution in [1.29, 1.82) is 0 Å². The van der Waals surface area contributed by atoms with Crippen molar-refractivity contribution in [2.24, 2.45) is 5.73 Å². The van der Waals surface area contributed by atoms with E-state index in [0.29, 0.717) is 5.75 Å². The highest BCUT2D eigenvalue weighted by molar-refractivity contribution is 9.10. The zero-order valence-electron chi connectivity index (χ0n) is 9.39. The first kappa shape index (κ1) is 12.3. The molecule has 1 aromatic carbocycles. The average molecular weight is 274 g/mol. The van der Waals surface area contributed by atoms with E-state index in [2.05, 4.69) is 15.9 Å². The minimum absolute atomic E-state index is 0.120. The number of methoxy groups -OCH3 is 1. The van der Waals surface area contributed by atoms with Crippen LogP contribution in [0, 0.1) is 6.92 Å². The summed E-state index contributed by atoms with van der Waals surface area (Å²) in [6.07, 6.45) is 0. The van der Waals surface area contributed by atoms with E-state index < -0.39 is 5.54 Å². The van der Waals surface area contributed by atoms with Crippen LogP contribution in [0.15, 0.2) is 10.5 Å². The molecule has 0 aliphatic rings. The highest BCUT2D eigenvalue weighted by Crippen LogP contribution is 2.42. The van der Waals surface area contributed by atoms with Crippen LogP contribution in [0.1, 0.15) is 25.0 Å². The van der Waals surface area contributed by atoms with E-state index in [-0.39, 0.29) is 5.75 Å². The smallest absolute Gasteiger partial charge is 0.175 e. The molecule has 0 saturated heterocycles. The summed E-state index contributed by atoms with van der Waals surface area (Å²) >= 11 is 3.41. The molecule has 84 valence electrons. The number of aryl methyl sites for hydroxylation is 1. The van der Waals surface area contributed by atoms with Gasteiger partial charge in [-0.1, -0.05) is 0 Å². The Bertz CT molecular complexity index is 383. The first-order valence-electron chi connectivity index (χ1n) is 4.64. The van der Waals surface area contributed by atoms with Crippen molar-refractivity contribution >= 4 is 15.9 Å². The molecule has 3 N–H and O–H groups in total. The summed E-state index contributed by atoms with van der Waals surface area (Å²) in [5.74, 6) is 0.545. The van der Waals surface area contributed by atoms with Gasteiger partial charge in [0.2, 0.25) is 0 Å². The van der Waals surface area contributed by atoms with Crippen LogP contribution in [0.25, 0.3) is 0 Å². The summed E-state index contributed by atoms with van der Waals surface area (Å²) in [4.78, 5) is 0. The second-order valence-corrected chi connectivity index (χ2v) is 4.95. The summed E-state index contributed by atoms with van der Waals surface area (Å²) < 4.78 is 5.83. The van der Waals surface area contributed by atoms with Gasteiger partial charge in [0, 0.05) is 5.54 Å². The molecule has 0 heterocycles. The number of benzene rings is 1. The van der Waals surface area contributed by atoms with Gasteiger partial charge in [-0.3, -0.25) is 0 Å². The first-order chi connectivity index (χ1) is 6.79. The zero-order chi connectivity index (χ0) is 11.8. The number of halogens is 1. The van der Waals surface area contributed by atoms with Crippen molar-refractivity contribution in [3.05, 3.63) is 21.7 Å². The topological polar surface area (TPSA) is 55.5 Å². The third-order valence-corrected chi connectivity index (χ3v) is 3.00. The maximum atomic E-state index is 9.67. The van der Waals surface area contributed by atoms with E-state index in [1.807, 2.05) is 20.8 Å². The molecule has 15 heavy (non-hydrogen) atoms. The third kappa shape index (κ3) is 2.26. The van der Waals surface area contributed by atoms with Gasteiger partial charge in [-0.15, -0.1) is 0 Å². The first-order valence-corrected chi connectivity index (χ1v) is 5.43. The van der Waals surface area contributed by atoms with E-state index in [4.69, 9.17) is 10.5 Å². The average Bonchev–Trinajstić information content (AvgIpc) is 2.00. The zero-order valence-corrected chi connectivity index (χ0v) is 11.0. The molecule has 0 amide bonds. The second kappa shape index (κ2) is 4.02. The number of aromatic hydroxyl groups is 1. The van der Waals surface area contributed by atoms with Gasteiger partial charge < -0.3 is 15.6 Å². The minimum atomic E-state index is -0.482. The Morgan fingerprint density at radius 1 is 1.47 bits per heavy atom. The summed E-state index contributed by atoms with van der Waals surface area (Å²) in [5.41, 5.74) is 7.46. The van der Waals surface area contributed by atoms with Crippen LogP contribution in [-0.2, 0) is 5.54 Å². The molecular weight excluding hydrogens is 258 g/mol. The highest BCUT2D eigenvalue weighted by Gasteiger charge is 2.24. The van der Waals surface area contributed by atoms with Gasteiger partial charge in [0.05, 0.1) is 11.6 Å². The van der Waals surface area contributed by atoms with Crippen LogP contribution >= 0.6 is 15.9 Å². The number of ether oxygens (including phenoxy) is 1. The fourth-order valence-electron chi connectivity index (χ4n) is 1.73. The fourth-order valence-corrected chi connectivity index (χ4v) is 2.92.